The zero-order valence-electron chi connectivity index (χ0n) is 60.7. The van der Waals surface area contributed by atoms with Crippen molar-refractivity contribution in [3.05, 3.63) is 254 Å². The van der Waals surface area contributed by atoms with Crippen molar-refractivity contribution in [2.75, 3.05) is 53.4 Å². The molecular weight excluding hydrogens is 1650 g/mol. The van der Waals surface area contributed by atoms with Gasteiger partial charge >= 0.3 is 0 Å². The van der Waals surface area contributed by atoms with Crippen LogP contribution in [0.4, 0.5) is 89.4 Å². The lowest BCUT2D eigenvalue weighted by Gasteiger charge is -2.16. The van der Waals surface area contributed by atoms with Crippen LogP contribution in [0.25, 0.3) is 47.6 Å². The molecule has 10 N–H and O–H groups in total. The van der Waals surface area contributed by atoms with E-state index in [4.69, 9.17) is 36.1 Å². The average Bonchev–Trinajstić information content (AvgIpc) is 1.67. The third-order valence-electron chi connectivity index (χ3n) is 14.6. The molecule has 11 rings (SSSR count). The Morgan fingerprint density at radius 2 is 0.913 bits per heavy atom. The fourth-order valence-corrected chi connectivity index (χ4v) is 15.1. The second-order valence-electron chi connectivity index (χ2n) is 23.6. The lowest BCUT2D eigenvalue weighted by atomic mass is 10.00. The maximum atomic E-state index is 14.9. The summed E-state index contributed by atoms with van der Waals surface area (Å²) in [6.07, 6.45) is 8.82. The fraction of sp³-hybridized carbons (Fsp3) is 0.222. The van der Waals surface area contributed by atoms with Crippen molar-refractivity contribution in [1.29, 1.82) is 0 Å². The molecule has 0 fully saturated rings. The molecule has 1 unspecified atom stereocenters. The number of aldehydes is 1. The Morgan fingerprint density at radius 1 is 0.496 bits per heavy atom. The molecule has 6 aromatic heterocycles. The van der Waals surface area contributed by atoms with Gasteiger partial charge in [-0.2, -0.15) is 0 Å². The van der Waals surface area contributed by atoms with Crippen LogP contribution in [0, 0.1) is 77.9 Å². The number of nitrogens with two attached hydrogens (primary N) is 1. The Labute approximate surface area is 657 Å². The lowest BCUT2D eigenvalue weighted by Crippen LogP contribution is -2.18. The molecule has 6 heterocycles. The van der Waals surface area contributed by atoms with Gasteiger partial charge in [-0.25, -0.2) is 101 Å². The van der Waals surface area contributed by atoms with E-state index >= 15 is 0 Å². The minimum atomic E-state index is -3.83. The van der Waals surface area contributed by atoms with Crippen LogP contribution < -0.4 is 24.6 Å². The molecule has 0 saturated heterocycles. The summed E-state index contributed by atoms with van der Waals surface area (Å²) in [6, 6.07) is 17.6. The van der Waals surface area contributed by atoms with E-state index in [1.54, 1.807) is 40.8 Å². The van der Waals surface area contributed by atoms with Crippen molar-refractivity contribution < 1.29 is 101 Å². The summed E-state index contributed by atoms with van der Waals surface area (Å²) in [5.74, 6) is -11.6. The van der Waals surface area contributed by atoms with E-state index in [1.165, 1.54) is 43.0 Å². The summed E-state index contributed by atoms with van der Waals surface area (Å²) in [5, 5.41) is 12.2. The number of hydrogen-bond acceptors (Lipinski definition) is 17. The number of carbonyl (C=O) groups excluding carboxylic acids is 2. The van der Waals surface area contributed by atoms with Crippen molar-refractivity contribution in [3.8, 4) is 0 Å². The van der Waals surface area contributed by atoms with Crippen molar-refractivity contribution in [2.24, 2.45) is 0 Å². The topological polar surface area (TPSA) is 398 Å². The number of pyridine rings is 3. The number of carbonyl (C=O) groups is 2. The SMILES string of the molecule is CCCS(=O)(=O)Cl.CCCS(=O)(=O)Nc1ccc(F)c(C=O)c1F.CCCS(=O)(=O)Nc1ccc(F)cc1F.Nc1ccc(F)cc1F.[C-]#[N+]c1cnc2[nH]cc(C(=O)c3c(F)ccc(NS(=O)(=O)CCC)c3F)c2c1.[C-]#[N+]c1cnc2[nH]cc(C(O)c3c(F)ccc(NS(=O)(=O)CCC)c3F)c2c1.[C-]#[N+]c1cnc2[nH]ccc2c1. The predicted molar refractivity (Wildman–Crippen MR) is 417 cm³/mol. The number of aromatic nitrogens is 6. The molecule has 1 atom stereocenters. The normalized spacial score (nSPS) is 11.4. The standard InChI is InChI=1S/C18H16F2N4O3S.C18H14F2N4O3S.C10H11F2NO3S.C9H11F2NO2S.C8H5N3.C6H5F2N.C3H7ClO2S/c2*1-3-6-28(26,27)24-14-5-4-13(19)15(16(14)20)17(25)12-9-23-18-11(12)7-10(21-2)8-22-18;1-2-5-17(15,16)13-9-4-3-8(11)7(6-14)10(9)12;1-2-5-15(13,14)12-9-4-3-7(10)6-8(9)11;1-9-7-4-6-2-3-10-8(6)11-5-7;7-4-1-2-6(9)5(8)3-4;1-2-3-7(4,5)6/h4-5,7-9,17,24-25H,3,6H2,1H3,(H,22,23);4-5,7-9,24H,3,6H2,1H3,(H,22,23);3-4,6,13H,2,5H2,1H3;3-4,6,12H,2,5H2,1H3;2-5H,(H,10,11);1-3H,9H2;2-3H2,1H3. The largest absolute Gasteiger partial charge is 0.396 e. The number of halogens is 11. The summed E-state index contributed by atoms with van der Waals surface area (Å²) in [6.45, 7) is 29.2. The average molecular weight is 1720 g/mol. The maximum Gasteiger partial charge on any atom is 0.232 e. The van der Waals surface area contributed by atoms with E-state index in [-0.39, 0.29) is 80.0 Å². The highest BCUT2D eigenvalue weighted by Gasteiger charge is 2.29. The Morgan fingerprint density at radius 3 is 1.37 bits per heavy atom. The lowest BCUT2D eigenvalue weighted by molar-refractivity contribution is 0.103. The number of fused-ring (bicyclic) bond motifs is 3. The molecule has 5 aromatic carbocycles. The summed E-state index contributed by atoms with van der Waals surface area (Å²) in [4.78, 5) is 53.5. The molecule has 0 spiro atoms. The number of anilines is 5. The van der Waals surface area contributed by atoms with Crippen LogP contribution in [0.1, 0.15) is 110 Å². The number of aliphatic hydroxyl groups excluding tert-OH is 1. The molecule has 612 valence electrons. The van der Waals surface area contributed by atoms with Crippen LogP contribution in [0.3, 0.4) is 0 Å². The van der Waals surface area contributed by atoms with Gasteiger partial charge < -0.3 is 25.8 Å². The molecule has 0 aliphatic heterocycles. The maximum absolute atomic E-state index is 14.9. The quantitative estimate of drug-likeness (QED) is 0.00717. The molecule has 0 aliphatic carbocycles. The highest BCUT2D eigenvalue weighted by atomic mass is 35.7. The number of ketones is 1. The van der Waals surface area contributed by atoms with Gasteiger partial charge in [0.1, 0.15) is 63.8 Å². The van der Waals surface area contributed by atoms with Crippen molar-refractivity contribution >= 4 is 150 Å². The van der Waals surface area contributed by atoms with Crippen molar-refractivity contribution in [1.82, 2.24) is 29.9 Å². The Hall–Kier alpha value is -11.7. The van der Waals surface area contributed by atoms with Gasteiger partial charge in [-0.05, 0) is 117 Å². The van der Waals surface area contributed by atoms with Crippen LogP contribution in [-0.2, 0) is 49.1 Å². The minimum absolute atomic E-state index is 0.00227. The first-order chi connectivity index (χ1) is 54.0. The molecule has 27 nitrogen and oxygen atoms in total. The third kappa shape index (κ3) is 27.8. The van der Waals surface area contributed by atoms with Gasteiger partial charge in [-0.15, -0.1) is 0 Å². The summed E-state index contributed by atoms with van der Waals surface area (Å²) < 4.78 is 256. The zero-order chi connectivity index (χ0) is 85.9. The van der Waals surface area contributed by atoms with Crippen LogP contribution in [0.5, 0.6) is 0 Å². The predicted octanol–water partition coefficient (Wildman–Crippen LogP) is 16.1. The number of aromatic amines is 3. The van der Waals surface area contributed by atoms with E-state index in [2.05, 4.69) is 49.2 Å². The Bertz CT molecular complexity index is 6070. The molecule has 0 radical (unpaired) electrons. The second kappa shape index (κ2) is 42.4. The van der Waals surface area contributed by atoms with E-state index in [0.29, 0.717) is 54.9 Å². The van der Waals surface area contributed by atoms with Crippen LogP contribution in [-0.4, -0.2) is 118 Å². The summed E-state index contributed by atoms with van der Waals surface area (Å²) in [7, 11) is -13.2. The first-order valence-corrected chi connectivity index (χ1v) is 42.4. The molecule has 0 amide bonds. The van der Waals surface area contributed by atoms with E-state index in [1.807, 2.05) is 32.5 Å². The van der Waals surface area contributed by atoms with Gasteiger partial charge in [0.15, 0.2) is 23.7 Å². The van der Waals surface area contributed by atoms with Crippen LogP contribution in [0.15, 0.2) is 134 Å². The van der Waals surface area contributed by atoms with Gasteiger partial charge in [0.05, 0.1) is 93.6 Å². The molecule has 115 heavy (non-hydrogen) atoms. The monoisotopic (exact) mass is 1720 g/mol. The molecular formula is C72H69ClF10N14O13S5. The van der Waals surface area contributed by atoms with Gasteiger partial charge in [-0.1, -0.05) is 34.6 Å². The third-order valence-corrected chi connectivity index (χ3v) is 21.9. The fourth-order valence-electron chi connectivity index (χ4n) is 9.58. The van der Waals surface area contributed by atoms with Crippen molar-refractivity contribution in [3.63, 3.8) is 0 Å². The van der Waals surface area contributed by atoms with Gasteiger partial charge in [-0.3, -0.25) is 43.4 Å². The highest BCUT2D eigenvalue weighted by molar-refractivity contribution is 8.13. The number of rotatable bonds is 23. The number of hydrogen-bond donors (Lipinski definition) is 9. The molecule has 11 aromatic rings. The van der Waals surface area contributed by atoms with Crippen LogP contribution >= 0.6 is 10.7 Å². The van der Waals surface area contributed by atoms with E-state index in [9.17, 15) is 101 Å². The smallest absolute Gasteiger partial charge is 0.232 e. The molecule has 0 aliphatic rings. The van der Waals surface area contributed by atoms with Gasteiger partial charge in [0.25, 0.3) is 0 Å². The van der Waals surface area contributed by atoms with E-state index in [0.717, 1.165) is 71.7 Å². The number of nitrogen functional groups attached to an aromatic ring is 1. The Kier molecular flexibility index (Phi) is 34.6. The first-order valence-electron chi connectivity index (χ1n) is 33.3. The molecule has 0 bridgehead atoms. The number of nitrogens with zero attached hydrogens (tertiary/aromatic N) is 6. The van der Waals surface area contributed by atoms with Crippen molar-refractivity contribution in [2.45, 2.75) is 72.8 Å². The number of nitrogens with one attached hydrogen (secondary N) is 7. The minimum Gasteiger partial charge on any atom is -0.396 e. The molecule has 0 saturated carbocycles. The highest BCUT2D eigenvalue weighted by Crippen LogP contribution is 2.36. The number of H-pyrrole nitrogens is 3. The number of aliphatic hydroxyl groups is 1. The summed E-state index contributed by atoms with van der Waals surface area (Å²) >= 11 is 0. The second-order valence-corrected chi connectivity index (χ2v) is 33.8. The Balaban J connectivity index is 0.000000252. The zero-order valence-corrected chi connectivity index (χ0v) is 65.6. The first kappa shape index (κ1) is 93.9. The van der Waals surface area contributed by atoms with Gasteiger partial charge in [0, 0.05) is 87.3 Å². The summed E-state index contributed by atoms with van der Waals surface area (Å²) in [5.41, 5.74) is 3.39. The van der Waals surface area contributed by atoms with E-state index < -0.39 is 153 Å². The number of benzene rings is 5. The van der Waals surface area contributed by atoms with Crippen LogP contribution in [0.2, 0.25) is 0 Å². The molecule has 43 heteroatoms. The van der Waals surface area contributed by atoms with Gasteiger partial charge in [0.2, 0.25) is 72.0 Å². The number of sulfonamides is 4.